The molecule has 3 rings (SSSR count). The second-order valence-electron chi connectivity index (χ2n) is 4.88. The lowest BCUT2D eigenvalue weighted by Gasteiger charge is -2.26. The standard InChI is InChI=1S/C18H17ClN2/c1-2-21(17-10-11-20-13-15(17)12-19)18-9-5-7-14-6-3-4-8-16(14)18/h3-11,13H,2,12H2,1H3. The van der Waals surface area contributed by atoms with Crippen molar-refractivity contribution < 1.29 is 0 Å². The van der Waals surface area contributed by atoms with Crippen LogP contribution in [0.25, 0.3) is 10.8 Å². The summed E-state index contributed by atoms with van der Waals surface area (Å²) >= 11 is 6.07. The van der Waals surface area contributed by atoms with Crippen LogP contribution in [0.2, 0.25) is 0 Å². The van der Waals surface area contributed by atoms with Gasteiger partial charge in [-0.3, -0.25) is 4.98 Å². The van der Waals surface area contributed by atoms with Gasteiger partial charge in [0.15, 0.2) is 0 Å². The highest BCUT2D eigenvalue weighted by atomic mass is 35.5. The van der Waals surface area contributed by atoms with Gasteiger partial charge in [-0.15, -0.1) is 11.6 Å². The molecule has 0 atom stereocenters. The molecule has 2 aromatic carbocycles. The molecule has 0 saturated heterocycles. The molecule has 0 saturated carbocycles. The second kappa shape index (κ2) is 6.15. The van der Waals surface area contributed by atoms with Crippen LogP contribution in [0.1, 0.15) is 12.5 Å². The van der Waals surface area contributed by atoms with Crippen LogP contribution in [0.15, 0.2) is 60.9 Å². The first-order chi connectivity index (χ1) is 10.3. The van der Waals surface area contributed by atoms with Gasteiger partial charge < -0.3 is 4.90 Å². The Kier molecular flexibility index (Phi) is 4.07. The molecule has 0 amide bonds. The Morgan fingerprint density at radius 2 is 1.81 bits per heavy atom. The van der Waals surface area contributed by atoms with Crippen molar-refractivity contribution in [2.45, 2.75) is 12.8 Å². The number of hydrogen-bond donors (Lipinski definition) is 0. The van der Waals surface area contributed by atoms with E-state index in [1.165, 1.54) is 16.5 Å². The predicted molar refractivity (Wildman–Crippen MR) is 90.4 cm³/mol. The van der Waals surface area contributed by atoms with E-state index < -0.39 is 0 Å². The van der Waals surface area contributed by atoms with Crippen LogP contribution in [0.5, 0.6) is 0 Å². The van der Waals surface area contributed by atoms with Crippen molar-refractivity contribution in [3.8, 4) is 0 Å². The number of pyridine rings is 1. The van der Waals surface area contributed by atoms with Crippen molar-refractivity contribution in [3.05, 3.63) is 66.5 Å². The second-order valence-corrected chi connectivity index (χ2v) is 5.15. The monoisotopic (exact) mass is 296 g/mol. The summed E-state index contributed by atoms with van der Waals surface area (Å²) in [6, 6.07) is 16.9. The highest BCUT2D eigenvalue weighted by molar-refractivity contribution is 6.17. The molecule has 3 heteroatoms. The van der Waals surface area contributed by atoms with Gasteiger partial charge in [-0.05, 0) is 24.4 Å². The summed E-state index contributed by atoms with van der Waals surface area (Å²) in [7, 11) is 0. The summed E-state index contributed by atoms with van der Waals surface area (Å²) in [5, 5.41) is 2.49. The van der Waals surface area contributed by atoms with Gasteiger partial charge in [-0.1, -0.05) is 36.4 Å². The van der Waals surface area contributed by atoms with E-state index in [4.69, 9.17) is 11.6 Å². The summed E-state index contributed by atoms with van der Waals surface area (Å²) < 4.78 is 0. The Bertz CT molecular complexity index is 750. The van der Waals surface area contributed by atoms with Crippen LogP contribution >= 0.6 is 11.6 Å². The number of nitrogens with zero attached hydrogens (tertiary/aromatic N) is 2. The highest BCUT2D eigenvalue weighted by Gasteiger charge is 2.13. The van der Waals surface area contributed by atoms with E-state index in [-0.39, 0.29) is 0 Å². The zero-order valence-electron chi connectivity index (χ0n) is 12.0. The maximum Gasteiger partial charge on any atom is 0.0510 e. The zero-order valence-corrected chi connectivity index (χ0v) is 12.7. The molecule has 2 nitrogen and oxygen atoms in total. The molecule has 0 aliphatic heterocycles. The van der Waals surface area contributed by atoms with Gasteiger partial charge in [-0.25, -0.2) is 0 Å². The van der Waals surface area contributed by atoms with Crippen molar-refractivity contribution >= 4 is 33.7 Å². The number of benzene rings is 2. The van der Waals surface area contributed by atoms with Gasteiger partial charge in [0.25, 0.3) is 0 Å². The van der Waals surface area contributed by atoms with E-state index in [0.717, 1.165) is 17.8 Å². The van der Waals surface area contributed by atoms with Crippen LogP contribution in [0.3, 0.4) is 0 Å². The van der Waals surface area contributed by atoms with E-state index >= 15 is 0 Å². The van der Waals surface area contributed by atoms with Crippen LogP contribution in [0, 0.1) is 0 Å². The molecule has 3 aromatic rings. The van der Waals surface area contributed by atoms with Gasteiger partial charge in [0.2, 0.25) is 0 Å². The van der Waals surface area contributed by atoms with E-state index in [9.17, 15) is 0 Å². The fourth-order valence-corrected chi connectivity index (χ4v) is 2.91. The minimum atomic E-state index is 0.463. The Morgan fingerprint density at radius 3 is 2.62 bits per heavy atom. The Balaban J connectivity index is 2.19. The number of anilines is 2. The van der Waals surface area contributed by atoms with E-state index in [2.05, 4.69) is 59.3 Å². The quantitative estimate of drug-likeness (QED) is 0.620. The molecule has 21 heavy (non-hydrogen) atoms. The molecule has 1 aromatic heterocycles. The summed E-state index contributed by atoms with van der Waals surface area (Å²) in [5.41, 5.74) is 3.38. The molecule has 0 unspecified atom stereocenters. The van der Waals surface area contributed by atoms with Gasteiger partial charge in [0.1, 0.15) is 0 Å². The normalized spacial score (nSPS) is 10.8. The molecule has 1 heterocycles. The molecule has 0 N–H and O–H groups in total. The van der Waals surface area contributed by atoms with Crippen molar-refractivity contribution in [2.24, 2.45) is 0 Å². The Morgan fingerprint density at radius 1 is 1.00 bits per heavy atom. The van der Waals surface area contributed by atoms with E-state index in [1.54, 1.807) is 0 Å². The largest absolute Gasteiger partial charge is 0.341 e. The summed E-state index contributed by atoms with van der Waals surface area (Å²) in [5.74, 6) is 0.463. The van der Waals surface area contributed by atoms with Crippen LogP contribution < -0.4 is 4.90 Å². The topological polar surface area (TPSA) is 16.1 Å². The molecule has 106 valence electrons. The number of alkyl halides is 1. The predicted octanol–water partition coefficient (Wildman–Crippen LogP) is 5.13. The zero-order chi connectivity index (χ0) is 14.7. The first-order valence-electron chi connectivity index (χ1n) is 7.09. The molecule has 0 radical (unpaired) electrons. The average Bonchev–Trinajstić information content (AvgIpc) is 2.56. The van der Waals surface area contributed by atoms with Gasteiger partial charge in [0.05, 0.1) is 5.88 Å². The molecular weight excluding hydrogens is 280 g/mol. The molecule has 0 fully saturated rings. The van der Waals surface area contributed by atoms with Crippen LogP contribution in [-0.4, -0.2) is 11.5 Å². The molecule has 0 bridgehead atoms. The van der Waals surface area contributed by atoms with Gasteiger partial charge in [-0.2, -0.15) is 0 Å². The van der Waals surface area contributed by atoms with Crippen molar-refractivity contribution in [2.75, 3.05) is 11.4 Å². The number of fused-ring (bicyclic) bond motifs is 1. The fraction of sp³-hybridized carbons (Fsp3) is 0.167. The lowest BCUT2D eigenvalue weighted by molar-refractivity contribution is 1.01. The Labute approximate surface area is 130 Å². The molecule has 0 aliphatic carbocycles. The molecule has 0 spiro atoms. The fourth-order valence-electron chi connectivity index (χ4n) is 2.70. The lowest BCUT2D eigenvalue weighted by Crippen LogP contribution is -2.18. The number of aromatic nitrogens is 1. The summed E-state index contributed by atoms with van der Waals surface area (Å²) in [6.45, 7) is 3.03. The van der Waals surface area contributed by atoms with Gasteiger partial charge >= 0.3 is 0 Å². The third-order valence-corrected chi connectivity index (χ3v) is 3.97. The number of halogens is 1. The first kappa shape index (κ1) is 13.9. The number of hydrogen-bond acceptors (Lipinski definition) is 2. The van der Waals surface area contributed by atoms with Crippen LogP contribution in [-0.2, 0) is 5.88 Å². The number of rotatable bonds is 4. The average molecular weight is 297 g/mol. The summed E-state index contributed by atoms with van der Waals surface area (Å²) in [6.07, 6.45) is 3.66. The van der Waals surface area contributed by atoms with Crippen molar-refractivity contribution in [1.29, 1.82) is 0 Å². The highest BCUT2D eigenvalue weighted by Crippen LogP contribution is 2.33. The molecular formula is C18H17ClN2. The lowest BCUT2D eigenvalue weighted by atomic mass is 10.1. The minimum absolute atomic E-state index is 0.463. The molecule has 0 aliphatic rings. The van der Waals surface area contributed by atoms with Crippen molar-refractivity contribution in [3.63, 3.8) is 0 Å². The summed E-state index contributed by atoms with van der Waals surface area (Å²) in [4.78, 5) is 6.47. The smallest absolute Gasteiger partial charge is 0.0510 e. The third kappa shape index (κ3) is 2.59. The third-order valence-electron chi connectivity index (χ3n) is 3.69. The van der Waals surface area contributed by atoms with Crippen LogP contribution in [0.4, 0.5) is 11.4 Å². The maximum absolute atomic E-state index is 6.07. The van der Waals surface area contributed by atoms with E-state index in [0.29, 0.717) is 5.88 Å². The van der Waals surface area contributed by atoms with Crippen molar-refractivity contribution in [1.82, 2.24) is 4.98 Å². The SMILES string of the molecule is CCN(c1ccncc1CCl)c1cccc2ccccc12. The van der Waals surface area contributed by atoms with E-state index in [1.807, 2.05) is 18.5 Å². The van der Waals surface area contributed by atoms with Gasteiger partial charge in [0, 0.05) is 41.3 Å². The maximum atomic E-state index is 6.07. The Hall–Kier alpha value is -2.06. The first-order valence-corrected chi connectivity index (χ1v) is 7.62. The minimum Gasteiger partial charge on any atom is -0.341 e.